The number of benzene rings is 2. The number of amides is 1. The maximum atomic E-state index is 13.7. The van der Waals surface area contributed by atoms with Crippen LogP contribution in [0.4, 0.5) is 5.13 Å². The second kappa shape index (κ2) is 10.8. The number of aromatic nitrogens is 1. The van der Waals surface area contributed by atoms with Crippen LogP contribution in [-0.2, 0) is 16.6 Å². The summed E-state index contributed by atoms with van der Waals surface area (Å²) in [6, 6.07) is 15.9. The Morgan fingerprint density at radius 1 is 1.08 bits per heavy atom. The fourth-order valence-electron chi connectivity index (χ4n) is 4.28. The zero-order valence-corrected chi connectivity index (χ0v) is 22.4. The highest BCUT2D eigenvalue weighted by Crippen LogP contribution is 2.33. The van der Waals surface area contributed by atoms with Gasteiger partial charge in [0.05, 0.1) is 27.9 Å². The first kappa shape index (κ1) is 25.0. The lowest BCUT2D eigenvalue weighted by molar-refractivity contribution is 0.0983. The Morgan fingerprint density at radius 2 is 1.83 bits per heavy atom. The van der Waals surface area contributed by atoms with Gasteiger partial charge in [-0.15, -0.1) is 11.8 Å². The molecule has 1 aliphatic rings. The van der Waals surface area contributed by atoms with Gasteiger partial charge in [0.2, 0.25) is 10.0 Å². The van der Waals surface area contributed by atoms with Crippen molar-refractivity contribution in [2.24, 2.45) is 0 Å². The molecule has 1 amide bonds. The molecule has 0 radical (unpaired) electrons. The number of fused-ring (bicyclic) bond motifs is 1. The first-order valence-corrected chi connectivity index (χ1v) is 15.3. The quantitative estimate of drug-likeness (QED) is 0.266. The molecule has 0 saturated carbocycles. The van der Waals surface area contributed by atoms with E-state index in [1.165, 1.54) is 23.5 Å². The zero-order valence-electron chi connectivity index (χ0n) is 19.9. The number of rotatable bonds is 7. The predicted octanol–water partition coefficient (Wildman–Crippen LogP) is 6.02. The summed E-state index contributed by atoms with van der Waals surface area (Å²) in [6.07, 6.45) is 7.44. The van der Waals surface area contributed by atoms with Gasteiger partial charge in [0.1, 0.15) is 5.76 Å². The molecule has 0 bridgehead atoms. The van der Waals surface area contributed by atoms with E-state index >= 15 is 0 Å². The summed E-state index contributed by atoms with van der Waals surface area (Å²) >= 11 is 3.10. The Hall–Kier alpha value is -2.66. The number of nitrogens with zero attached hydrogens (tertiary/aromatic N) is 3. The lowest BCUT2D eigenvalue weighted by Gasteiger charge is -2.21. The minimum Gasteiger partial charge on any atom is -0.467 e. The Kier molecular flexibility index (Phi) is 7.47. The van der Waals surface area contributed by atoms with E-state index < -0.39 is 10.0 Å². The molecule has 10 heteroatoms. The number of thiazole rings is 1. The van der Waals surface area contributed by atoms with E-state index in [1.807, 2.05) is 24.5 Å². The molecular weight excluding hydrogens is 515 g/mol. The summed E-state index contributed by atoms with van der Waals surface area (Å²) in [7, 11) is -3.58. The van der Waals surface area contributed by atoms with Crippen LogP contribution in [0.25, 0.3) is 10.2 Å². The average molecular weight is 542 g/mol. The molecule has 1 saturated heterocycles. The molecule has 4 aromatic rings. The highest BCUT2D eigenvalue weighted by atomic mass is 32.2. The number of carbonyl (C=O) groups excluding carboxylic acids is 1. The van der Waals surface area contributed by atoms with E-state index in [4.69, 9.17) is 9.40 Å². The molecule has 1 aliphatic heterocycles. The highest BCUT2D eigenvalue weighted by molar-refractivity contribution is 7.98. The molecule has 5 rings (SSSR count). The van der Waals surface area contributed by atoms with Gasteiger partial charge in [-0.25, -0.2) is 13.4 Å². The number of carbonyl (C=O) groups is 1. The van der Waals surface area contributed by atoms with Crippen molar-refractivity contribution in [3.8, 4) is 0 Å². The van der Waals surface area contributed by atoms with Crippen LogP contribution in [0.3, 0.4) is 0 Å². The van der Waals surface area contributed by atoms with Crippen molar-refractivity contribution in [1.82, 2.24) is 9.29 Å². The summed E-state index contributed by atoms with van der Waals surface area (Å²) in [5, 5.41) is 0.561. The number of hydrogen-bond acceptors (Lipinski definition) is 7. The number of sulfonamides is 1. The number of anilines is 1. The minimum absolute atomic E-state index is 0.211. The average Bonchev–Trinajstić information content (AvgIpc) is 3.48. The molecule has 3 heterocycles. The van der Waals surface area contributed by atoms with Crippen LogP contribution in [-0.4, -0.2) is 43.0 Å². The first-order valence-electron chi connectivity index (χ1n) is 11.8. The fourth-order valence-corrected chi connectivity index (χ4v) is 7.31. The van der Waals surface area contributed by atoms with Gasteiger partial charge in [-0.1, -0.05) is 24.2 Å². The van der Waals surface area contributed by atoms with Crippen LogP contribution in [0.1, 0.15) is 41.8 Å². The molecule has 1 fully saturated rings. The van der Waals surface area contributed by atoms with Crippen LogP contribution in [0, 0.1) is 0 Å². The molecule has 188 valence electrons. The van der Waals surface area contributed by atoms with Crippen molar-refractivity contribution in [3.63, 3.8) is 0 Å². The number of furan rings is 1. The Morgan fingerprint density at radius 3 is 2.50 bits per heavy atom. The third-order valence-electron chi connectivity index (χ3n) is 6.26. The van der Waals surface area contributed by atoms with Crippen LogP contribution >= 0.6 is 23.1 Å². The lowest BCUT2D eigenvalue weighted by atomic mass is 10.2. The van der Waals surface area contributed by atoms with Crippen molar-refractivity contribution in [3.05, 3.63) is 72.2 Å². The Balaban J connectivity index is 1.45. The Labute approximate surface area is 219 Å². The van der Waals surface area contributed by atoms with E-state index in [0.29, 0.717) is 29.5 Å². The van der Waals surface area contributed by atoms with Crippen molar-refractivity contribution >= 4 is 54.4 Å². The molecule has 0 aliphatic carbocycles. The van der Waals surface area contributed by atoms with Crippen molar-refractivity contribution in [2.75, 3.05) is 24.2 Å². The zero-order chi connectivity index (χ0) is 25.1. The van der Waals surface area contributed by atoms with E-state index in [1.54, 1.807) is 45.4 Å². The summed E-state index contributed by atoms with van der Waals surface area (Å²) < 4.78 is 34.4. The predicted molar refractivity (Wildman–Crippen MR) is 144 cm³/mol. The summed E-state index contributed by atoms with van der Waals surface area (Å²) in [4.78, 5) is 21.3. The molecular formula is C26H27N3O4S3. The van der Waals surface area contributed by atoms with Gasteiger partial charge in [-0.2, -0.15) is 4.31 Å². The summed E-state index contributed by atoms with van der Waals surface area (Å²) in [5.41, 5.74) is 1.21. The van der Waals surface area contributed by atoms with Gasteiger partial charge in [0.15, 0.2) is 5.13 Å². The highest BCUT2D eigenvalue weighted by Gasteiger charge is 2.27. The van der Waals surface area contributed by atoms with Gasteiger partial charge in [-0.05, 0) is 73.7 Å². The van der Waals surface area contributed by atoms with E-state index in [-0.39, 0.29) is 17.3 Å². The van der Waals surface area contributed by atoms with E-state index in [9.17, 15) is 13.2 Å². The molecule has 0 spiro atoms. The Bertz CT molecular complexity index is 1440. The van der Waals surface area contributed by atoms with Crippen molar-refractivity contribution in [1.29, 1.82) is 0 Å². The van der Waals surface area contributed by atoms with Gasteiger partial charge >= 0.3 is 0 Å². The molecule has 0 unspecified atom stereocenters. The summed E-state index contributed by atoms with van der Waals surface area (Å²) in [6.45, 7) is 1.29. The van der Waals surface area contributed by atoms with Gasteiger partial charge in [-0.3, -0.25) is 9.69 Å². The second-order valence-corrected chi connectivity index (χ2v) is 12.5. The van der Waals surface area contributed by atoms with Crippen LogP contribution in [0.2, 0.25) is 0 Å². The number of thioether (sulfide) groups is 1. The largest absolute Gasteiger partial charge is 0.467 e. The first-order chi connectivity index (χ1) is 17.5. The minimum atomic E-state index is -3.58. The maximum absolute atomic E-state index is 13.7. The van der Waals surface area contributed by atoms with Crippen molar-refractivity contribution in [2.45, 2.75) is 42.0 Å². The van der Waals surface area contributed by atoms with Crippen LogP contribution in [0.15, 0.2) is 75.1 Å². The van der Waals surface area contributed by atoms with E-state index in [0.717, 1.165) is 40.8 Å². The monoisotopic (exact) mass is 541 g/mol. The topological polar surface area (TPSA) is 83.7 Å². The fraction of sp³-hybridized carbons (Fsp3) is 0.308. The maximum Gasteiger partial charge on any atom is 0.260 e. The molecule has 36 heavy (non-hydrogen) atoms. The normalized spacial score (nSPS) is 15.1. The summed E-state index contributed by atoms with van der Waals surface area (Å²) in [5.74, 6) is 0.363. The standard InChI is InChI=1S/C26H27N3O4S3/c1-34-21-10-13-23-24(17-21)35-26(27-23)29(18-20-7-6-16-33-20)25(30)19-8-11-22(12-9-19)36(31,32)28-14-4-2-3-5-15-28/h6-13,16-17H,2-5,14-15,18H2,1H3. The van der Waals surface area contributed by atoms with Gasteiger partial charge < -0.3 is 4.42 Å². The van der Waals surface area contributed by atoms with Gasteiger partial charge in [0.25, 0.3) is 5.91 Å². The van der Waals surface area contributed by atoms with Crippen molar-refractivity contribution < 1.29 is 17.6 Å². The molecule has 2 aromatic heterocycles. The third-order valence-corrected chi connectivity index (χ3v) is 9.94. The van der Waals surface area contributed by atoms with Crippen LogP contribution in [0.5, 0.6) is 0 Å². The smallest absolute Gasteiger partial charge is 0.260 e. The molecule has 2 aromatic carbocycles. The molecule has 0 N–H and O–H groups in total. The third kappa shape index (κ3) is 5.22. The molecule has 0 atom stereocenters. The second-order valence-electron chi connectivity index (χ2n) is 8.64. The van der Waals surface area contributed by atoms with E-state index in [2.05, 4.69) is 6.07 Å². The lowest BCUT2D eigenvalue weighted by Crippen LogP contribution is -2.32. The molecule has 7 nitrogen and oxygen atoms in total. The van der Waals surface area contributed by atoms with Crippen LogP contribution < -0.4 is 4.90 Å². The number of hydrogen-bond donors (Lipinski definition) is 0. The SMILES string of the molecule is CSc1ccc2nc(N(Cc3ccco3)C(=O)c3ccc(S(=O)(=O)N4CCCCCC4)cc3)sc2c1. The van der Waals surface area contributed by atoms with Gasteiger partial charge in [0, 0.05) is 23.5 Å².